The molecule has 0 radical (unpaired) electrons. The number of rotatable bonds is 3. The maximum Gasteiger partial charge on any atom is 0.312 e. The van der Waals surface area contributed by atoms with Gasteiger partial charge in [-0.1, -0.05) is 4.49 Å². The first-order chi connectivity index (χ1) is 8.13. The van der Waals surface area contributed by atoms with Gasteiger partial charge in [0.2, 0.25) is 0 Å². The van der Waals surface area contributed by atoms with E-state index in [-0.39, 0.29) is 6.54 Å². The van der Waals surface area contributed by atoms with Gasteiger partial charge in [0.25, 0.3) is 0 Å². The van der Waals surface area contributed by atoms with Crippen molar-refractivity contribution in [3.63, 3.8) is 0 Å². The molecule has 17 heavy (non-hydrogen) atoms. The molecule has 0 saturated carbocycles. The normalized spacial score (nSPS) is 16.8. The van der Waals surface area contributed by atoms with E-state index in [1.807, 2.05) is 6.92 Å². The molecule has 1 aliphatic heterocycles. The largest absolute Gasteiger partial charge is 0.388 e. The van der Waals surface area contributed by atoms with Gasteiger partial charge >= 0.3 is 11.8 Å². The minimum atomic E-state index is -0.495. The topological polar surface area (TPSA) is 92.4 Å². The average Bonchev–Trinajstić information content (AvgIpc) is 2.71. The van der Waals surface area contributed by atoms with Crippen LogP contribution in [-0.2, 0) is 16.1 Å². The molecule has 1 saturated heterocycles. The average molecular weight is 255 g/mol. The van der Waals surface area contributed by atoms with Crippen LogP contribution in [0.25, 0.3) is 0 Å². The number of piperazine rings is 1. The highest BCUT2D eigenvalue weighted by atomic mass is 32.1. The van der Waals surface area contributed by atoms with Gasteiger partial charge in [0.05, 0.1) is 6.54 Å². The van der Waals surface area contributed by atoms with Crippen molar-refractivity contribution in [2.75, 3.05) is 25.4 Å². The van der Waals surface area contributed by atoms with E-state index >= 15 is 0 Å². The molecule has 2 heterocycles. The van der Waals surface area contributed by atoms with Gasteiger partial charge in [0, 0.05) is 31.2 Å². The van der Waals surface area contributed by atoms with E-state index < -0.39 is 11.8 Å². The van der Waals surface area contributed by atoms with Gasteiger partial charge in [-0.25, -0.2) is 0 Å². The molecule has 92 valence electrons. The summed E-state index contributed by atoms with van der Waals surface area (Å²) in [5.74, 6) is -0.953. The maximum atomic E-state index is 11.8. The molecule has 0 atom stereocenters. The Balaban J connectivity index is 2.07. The van der Waals surface area contributed by atoms with Crippen LogP contribution in [0.1, 0.15) is 12.6 Å². The van der Waals surface area contributed by atoms with Gasteiger partial charge in [-0.3, -0.25) is 9.59 Å². The Morgan fingerprint density at radius 2 is 1.94 bits per heavy atom. The molecule has 2 rings (SSSR count). The summed E-state index contributed by atoms with van der Waals surface area (Å²) in [7, 11) is 0. The number of likely N-dealkylation sites (N-methyl/N-ethyl adjacent to an activating group) is 1. The zero-order chi connectivity index (χ0) is 12.4. The molecule has 1 aromatic rings. The van der Waals surface area contributed by atoms with E-state index in [0.29, 0.717) is 30.3 Å². The quantitative estimate of drug-likeness (QED) is 0.722. The summed E-state index contributed by atoms with van der Waals surface area (Å²) >= 11 is 1.08. The minimum Gasteiger partial charge on any atom is -0.388 e. The summed E-state index contributed by atoms with van der Waals surface area (Å²) in [4.78, 5) is 26.4. The molecule has 1 aromatic heterocycles. The van der Waals surface area contributed by atoms with Crippen LogP contribution in [0.3, 0.4) is 0 Å². The van der Waals surface area contributed by atoms with Gasteiger partial charge < -0.3 is 15.5 Å². The van der Waals surface area contributed by atoms with Crippen molar-refractivity contribution in [3.05, 3.63) is 5.69 Å². The second-order valence-electron chi connectivity index (χ2n) is 3.70. The molecule has 7 nitrogen and oxygen atoms in total. The van der Waals surface area contributed by atoms with Crippen molar-refractivity contribution in [1.82, 2.24) is 19.4 Å². The van der Waals surface area contributed by atoms with Gasteiger partial charge in [-0.05, 0) is 6.92 Å². The van der Waals surface area contributed by atoms with Crippen molar-refractivity contribution < 1.29 is 9.59 Å². The summed E-state index contributed by atoms with van der Waals surface area (Å²) in [6.45, 7) is 3.72. The number of nitrogens with two attached hydrogens (primary N) is 1. The van der Waals surface area contributed by atoms with E-state index in [1.165, 1.54) is 9.80 Å². The molecule has 0 unspecified atom stereocenters. The van der Waals surface area contributed by atoms with E-state index in [2.05, 4.69) is 9.59 Å². The van der Waals surface area contributed by atoms with E-state index in [0.717, 1.165) is 11.5 Å². The third kappa shape index (κ3) is 2.21. The molecule has 8 heteroatoms. The molecule has 0 bridgehead atoms. The minimum absolute atomic E-state index is 0.254. The van der Waals surface area contributed by atoms with Crippen molar-refractivity contribution in [3.8, 4) is 0 Å². The SMILES string of the molecule is CCN1CCN(Cc2nnsc2N)C(=O)C1=O. The van der Waals surface area contributed by atoms with Crippen LogP contribution in [0, 0.1) is 0 Å². The number of carbonyl (C=O) groups excluding carboxylic acids is 2. The smallest absolute Gasteiger partial charge is 0.312 e. The summed E-state index contributed by atoms with van der Waals surface area (Å²) in [5.41, 5.74) is 6.21. The fourth-order valence-corrected chi connectivity index (χ4v) is 2.11. The van der Waals surface area contributed by atoms with E-state index in [4.69, 9.17) is 5.73 Å². The molecule has 1 aliphatic rings. The Bertz CT molecular complexity index is 446. The number of nitrogen functional groups attached to an aromatic ring is 1. The molecular weight excluding hydrogens is 242 g/mol. The maximum absolute atomic E-state index is 11.8. The molecule has 1 fully saturated rings. The van der Waals surface area contributed by atoms with Crippen LogP contribution in [0.5, 0.6) is 0 Å². The lowest BCUT2D eigenvalue weighted by molar-refractivity contribution is -0.156. The zero-order valence-corrected chi connectivity index (χ0v) is 10.2. The summed E-state index contributed by atoms with van der Waals surface area (Å²) in [6.07, 6.45) is 0. The number of carbonyl (C=O) groups is 2. The van der Waals surface area contributed by atoms with E-state index in [9.17, 15) is 9.59 Å². The second-order valence-corrected chi connectivity index (χ2v) is 4.48. The Morgan fingerprint density at radius 1 is 1.29 bits per heavy atom. The standard InChI is InChI=1S/C9H13N5O2S/c1-2-13-3-4-14(9(16)8(13)15)5-6-7(10)17-12-11-6/h2-5,10H2,1H3. The first kappa shape index (κ1) is 11.8. The third-order valence-electron chi connectivity index (χ3n) is 2.70. The van der Waals surface area contributed by atoms with Crippen LogP contribution in [0.4, 0.5) is 5.00 Å². The number of hydrogen-bond donors (Lipinski definition) is 1. The molecule has 0 aromatic carbocycles. The number of aromatic nitrogens is 2. The lowest BCUT2D eigenvalue weighted by Crippen LogP contribution is -2.53. The van der Waals surface area contributed by atoms with E-state index in [1.54, 1.807) is 0 Å². The first-order valence-corrected chi connectivity index (χ1v) is 6.05. The van der Waals surface area contributed by atoms with Crippen molar-refractivity contribution >= 4 is 28.3 Å². The lowest BCUT2D eigenvalue weighted by Gasteiger charge is -2.32. The van der Waals surface area contributed by atoms with Crippen LogP contribution in [0.2, 0.25) is 0 Å². The third-order valence-corrected chi connectivity index (χ3v) is 3.30. The Hall–Kier alpha value is -1.70. The predicted octanol–water partition coefficient (Wildman–Crippen LogP) is -0.689. The predicted molar refractivity (Wildman–Crippen MR) is 62.0 cm³/mol. The van der Waals surface area contributed by atoms with Crippen LogP contribution in [0.15, 0.2) is 0 Å². The molecule has 0 aliphatic carbocycles. The fraction of sp³-hybridized carbons (Fsp3) is 0.556. The monoisotopic (exact) mass is 255 g/mol. The lowest BCUT2D eigenvalue weighted by atomic mass is 10.2. The van der Waals surface area contributed by atoms with Crippen LogP contribution in [-0.4, -0.2) is 50.8 Å². The highest BCUT2D eigenvalue weighted by Crippen LogP contribution is 2.16. The second kappa shape index (κ2) is 4.66. The van der Waals surface area contributed by atoms with Gasteiger partial charge in [0.15, 0.2) is 0 Å². The Morgan fingerprint density at radius 3 is 2.53 bits per heavy atom. The first-order valence-electron chi connectivity index (χ1n) is 5.28. The van der Waals surface area contributed by atoms with Crippen molar-refractivity contribution in [2.45, 2.75) is 13.5 Å². The van der Waals surface area contributed by atoms with Gasteiger partial charge in [-0.15, -0.1) is 5.10 Å². The summed E-state index contributed by atoms with van der Waals surface area (Å²) in [5, 5.41) is 4.32. The van der Waals surface area contributed by atoms with Gasteiger partial charge in [0.1, 0.15) is 10.7 Å². The van der Waals surface area contributed by atoms with Crippen molar-refractivity contribution in [1.29, 1.82) is 0 Å². The summed E-state index contributed by atoms with van der Waals surface area (Å²) in [6, 6.07) is 0. The van der Waals surface area contributed by atoms with Gasteiger partial charge in [-0.2, -0.15) is 0 Å². The highest BCUT2D eigenvalue weighted by Gasteiger charge is 2.32. The molecule has 0 spiro atoms. The Labute approximate surface area is 102 Å². The molecule has 2 amide bonds. The fourth-order valence-electron chi connectivity index (χ4n) is 1.67. The zero-order valence-electron chi connectivity index (χ0n) is 9.42. The van der Waals surface area contributed by atoms with Crippen molar-refractivity contribution in [2.24, 2.45) is 0 Å². The number of anilines is 1. The molecule has 2 N–H and O–H groups in total. The van der Waals surface area contributed by atoms with Crippen LogP contribution < -0.4 is 5.73 Å². The summed E-state index contributed by atoms with van der Waals surface area (Å²) < 4.78 is 3.70. The molecular formula is C9H13N5O2S. The number of hydrogen-bond acceptors (Lipinski definition) is 6. The van der Waals surface area contributed by atoms with Crippen LogP contribution >= 0.6 is 11.5 Å². The highest BCUT2D eigenvalue weighted by molar-refractivity contribution is 7.09. The Kier molecular flexibility index (Phi) is 3.23. The number of amides is 2. The number of nitrogens with zero attached hydrogens (tertiary/aromatic N) is 4.